The maximum absolute atomic E-state index is 11.0. The van der Waals surface area contributed by atoms with Gasteiger partial charge in [0.15, 0.2) is 0 Å². The SMILES string of the molecule is CC1(C)CCCCCN(CCCOc2ccc(C(N)=O)cc2)C1. The second-order valence-electron chi connectivity index (χ2n) is 7.34. The molecule has 2 N–H and O–H groups in total. The standard InChI is InChI=1S/C19H30N2O2/c1-19(2)11-4-3-5-12-21(15-19)13-6-14-23-17-9-7-16(8-10-17)18(20)22/h7-10H,3-6,11-15H2,1-2H3,(H2,20,22). The van der Waals surface area contributed by atoms with Crippen molar-refractivity contribution >= 4 is 5.91 Å². The van der Waals surface area contributed by atoms with Crippen molar-refractivity contribution in [3.8, 4) is 5.75 Å². The van der Waals surface area contributed by atoms with Crippen LogP contribution in [0.3, 0.4) is 0 Å². The lowest BCUT2D eigenvalue weighted by molar-refractivity contribution is 0.1000. The van der Waals surface area contributed by atoms with E-state index in [2.05, 4.69) is 18.7 Å². The Morgan fingerprint density at radius 2 is 1.96 bits per heavy atom. The van der Waals surface area contributed by atoms with Crippen LogP contribution in [-0.4, -0.2) is 37.0 Å². The summed E-state index contributed by atoms with van der Waals surface area (Å²) in [6.45, 7) is 8.93. The quantitative estimate of drug-likeness (QED) is 0.817. The number of primary amides is 1. The van der Waals surface area contributed by atoms with Gasteiger partial charge in [-0.3, -0.25) is 4.79 Å². The molecule has 0 bridgehead atoms. The summed E-state index contributed by atoms with van der Waals surface area (Å²) in [4.78, 5) is 13.6. The minimum atomic E-state index is -0.406. The molecule has 0 spiro atoms. The van der Waals surface area contributed by atoms with Crippen LogP contribution in [0.4, 0.5) is 0 Å². The molecule has 0 saturated carbocycles. The lowest BCUT2D eigenvalue weighted by Gasteiger charge is -2.35. The minimum absolute atomic E-state index is 0.406. The number of amides is 1. The van der Waals surface area contributed by atoms with Crippen molar-refractivity contribution in [1.29, 1.82) is 0 Å². The molecular formula is C19H30N2O2. The molecule has 1 heterocycles. The fraction of sp³-hybridized carbons (Fsp3) is 0.632. The van der Waals surface area contributed by atoms with Gasteiger partial charge in [-0.25, -0.2) is 0 Å². The Labute approximate surface area is 140 Å². The molecule has 1 aliphatic rings. The van der Waals surface area contributed by atoms with E-state index in [9.17, 15) is 4.79 Å². The fourth-order valence-electron chi connectivity index (χ4n) is 3.26. The van der Waals surface area contributed by atoms with E-state index in [0.29, 0.717) is 17.6 Å². The van der Waals surface area contributed by atoms with Crippen LogP contribution >= 0.6 is 0 Å². The zero-order valence-electron chi connectivity index (χ0n) is 14.5. The van der Waals surface area contributed by atoms with Crippen LogP contribution in [0.5, 0.6) is 5.75 Å². The van der Waals surface area contributed by atoms with Gasteiger partial charge in [-0.05, 0) is 55.5 Å². The summed E-state index contributed by atoms with van der Waals surface area (Å²) in [5.74, 6) is 0.388. The molecule has 1 aliphatic heterocycles. The molecular weight excluding hydrogens is 288 g/mol. The third-order valence-corrected chi connectivity index (χ3v) is 4.51. The monoisotopic (exact) mass is 318 g/mol. The third kappa shape index (κ3) is 6.22. The highest BCUT2D eigenvalue weighted by Crippen LogP contribution is 2.27. The average Bonchev–Trinajstić information content (AvgIpc) is 2.49. The Bertz CT molecular complexity index is 497. The number of ether oxygens (including phenoxy) is 1. The van der Waals surface area contributed by atoms with Crippen molar-refractivity contribution < 1.29 is 9.53 Å². The number of nitrogens with zero attached hydrogens (tertiary/aromatic N) is 1. The lowest BCUT2D eigenvalue weighted by atomic mass is 9.85. The van der Waals surface area contributed by atoms with E-state index in [4.69, 9.17) is 10.5 Å². The zero-order valence-corrected chi connectivity index (χ0v) is 14.5. The highest BCUT2D eigenvalue weighted by atomic mass is 16.5. The van der Waals surface area contributed by atoms with Gasteiger partial charge in [-0.15, -0.1) is 0 Å². The highest BCUT2D eigenvalue weighted by Gasteiger charge is 2.23. The van der Waals surface area contributed by atoms with Gasteiger partial charge in [0.25, 0.3) is 0 Å². The van der Waals surface area contributed by atoms with Crippen LogP contribution < -0.4 is 10.5 Å². The Morgan fingerprint density at radius 3 is 2.65 bits per heavy atom. The van der Waals surface area contributed by atoms with Crippen molar-refractivity contribution in [3.63, 3.8) is 0 Å². The predicted molar refractivity (Wildman–Crippen MR) is 93.8 cm³/mol. The summed E-state index contributed by atoms with van der Waals surface area (Å²) in [7, 11) is 0. The van der Waals surface area contributed by atoms with Crippen LogP contribution in [0.1, 0.15) is 56.3 Å². The molecule has 4 nitrogen and oxygen atoms in total. The smallest absolute Gasteiger partial charge is 0.248 e. The van der Waals surface area contributed by atoms with E-state index >= 15 is 0 Å². The van der Waals surface area contributed by atoms with Gasteiger partial charge in [0.2, 0.25) is 5.91 Å². The molecule has 1 amide bonds. The molecule has 0 atom stereocenters. The molecule has 2 rings (SSSR count). The van der Waals surface area contributed by atoms with Gasteiger partial charge >= 0.3 is 0 Å². The van der Waals surface area contributed by atoms with E-state index < -0.39 is 5.91 Å². The highest BCUT2D eigenvalue weighted by molar-refractivity contribution is 5.92. The Balaban J connectivity index is 1.72. The topological polar surface area (TPSA) is 55.6 Å². The van der Waals surface area contributed by atoms with Crippen LogP contribution in [0, 0.1) is 5.41 Å². The van der Waals surface area contributed by atoms with Crippen LogP contribution in [-0.2, 0) is 0 Å². The fourth-order valence-corrected chi connectivity index (χ4v) is 3.26. The van der Waals surface area contributed by atoms with Crippen molar-refractivity contribution in [2.75, 3.05) is 26.2 Å². The second kappa shape index (κ2) is 8.34. The number of rotatable bonds is 6. The van der Waals surface area contributed by atoms with Gasteiger partial charge in [0.05, 0.1) is 6.61 Å². The van der Waals surface area contributed by atoms with Crippen molar-refractivity contribution in [1.82, 2.24) is 4.90 Å². The maximum Gasteiger partial charge on any atom is 0.248 e. The summed E-state index contributed by atoms with van der Waals surface area (Å²) >= 11 is 0. The molecule has 1 aromatic rings. The number of carbonyl (C=O) groups is 1. The molecule has 1 saturated heterocycles. The largest absolute Gasteiger partial charge is 0.494 e. The molecule has 128 valence electrons. The van der Waals surface area contributed by atoms with Gasteiger partial charge in [-0.1, -0.05) is 26.7 Å². The van der Waals surface area contributed by atoms with Crippen LogP contribution in [0.2, 0.25) is 0 Å². The van der Waals surface area contributed by atoms with Gasteiger partial charge in [-0.2, -0.15) is 0 Å². The molecule has 0 unspecified atom stereocenters. The lowest BCUT2D eigenvalue weighted by Crippen LogP contribution is -2.37. The van der Waals surface area contributed by atoms with E-state index in [0.717, 1.165) is 18.7 Å². The summed E-state index contributed by atoms with van der Waals surface area (Å²) in [6, 6.07) is 7.02. The zero-order chi connectivity index (χ0) is 16.7. The van der Waals surface area contributed by atoms with Crippen LogP contribution in [0.15, 0.2) is 24.3 Å². The first-order chi connectivity index (χ1) is 11.0. The molecule has 0 aromatic heterocycles. The number of nitrogens with two attached hydrogens (primary N) is 1. The first-order valence-corrected chi connectivity index (χ1v) is 8.71. The summed E-state index contributed by atoms with van der Waals surface area (Å²) < 4.78 is 5.76. The average molecular weight is 318 g/mol. The van der Waals surface area contributed by atoms with Crippen molar-refractivity contribution in [2.45, 2.75) is 46.0 Å². The summed E-state index contributed by atoms with van der Waals surface area (Å²) in [5, 5.41) is 0. The maximum atomic E-state index is 11.0. The van der Waals surface area contributed by atoms with Crippen molar-refractivity contribution in [3.05, 3.63) is 29.8 Å². The number of hydrogen-bond donors (Lipinski definition) is 1. The number of benzene rings is 1. The second-order valence-corrected chi connectivity index (χ2v) is 7.34. The van der Waals surface area contributed by atoms with Gasteiger partial charge in [0.1, 0.15) is 5.75 Å². The van der Waals surface area contributed by atoms with E-state index in [1.54, 1.807) is 24.3 Å². The summed E-state index contributed by atoms with van der Waals surface area (Å²) in [5.41, 5.74) is 6.17. The van der Waals surface area contributed by atoms with E-state index in [-0.39, 0.29) is 0 Å². The van der Waals surface area contributed by atoms with Crippen molar-refractivity contribution in [2.24, 2.45) is 11.1 Å². The number of hydrogen-bond acceptors (Lipinski definition) is 3. The molecule has 4 heteroatoms. The Morgan fingerprint density at radius 1 is 1.22 bits per heavy atom. The number of likely N-dealkylation sites (tertiary alicyclic amines) is 1. The molecule has 0 radical (unpaired) electrons. The molecule has 1 fully saturated rings. The van der Waals surface area contributed by atoms with Crippen LogP contribution in [0.25, 0.3) is 0 Å². The predicted octanol–water partition coefficient (Wildman–Crippen LogP) is 3.46. The molecule has 1 aromatic carbocycles. The van der Waals surface area contributed by atoms with Gasteiger partial charge < -0.3 is 15.4 Å². The minimum Gasteiger partial charge on any atom is -0.494 e. The van der Waals surface area contributed by atoms with Gasteiger partial charge in [0, 0.05) is 18.7 Å². The number of carbonyl (C=O) groups excluding carboxylic acids is 1. The first kappa shape index (κ1) is 17.8. The first-order valence-electron chi connectivity index (χ1n) is 8.71. The normalized spacial score (nSPS) is 18.9. The Kier molecular flexibility index (Phi) is 6.46. The third-order valence-electron chi connectivity index (χ3n) is 4.51. The molecule has 0 aliphatic carbocycles. The summed E-state index contributed by atoms with van der Waals surface area (Å²) in [6.07, 6.45) is 6.37. The van der Waals surface area contributed by atoms with E-state index in [1.165, 1.54) is 38.8 Å². The van der Waals surface area contributed by atoms with E-state index in [1.807, 2.05) is 0 Å². The molecule has 23 heavy (non-hydrogen) atoms. The Hall–Kier alpha value is -1.55.